The fourth-order valence-electron chi connectivity index (χ4n) is 2.37. The lowest BCUT2D eigenvalue weighted by Crippen LogP contribution is -2.18. The number of esters is 1. The Morgan fingerprint density at radius 2 is 1.59 bits per heavy atom. The Balaban J connectivity index is 2.21. The maximum atomic E-state index is 11.1. The second-order valence-electron chi connectivity index (χ2n) is 5.96. The number of azo groups is 1. The lowest BCUT2D eigenvalue weighted by Gasteiger charge is -2.12. The highest BCUT2D eigenvalue weighted by Gasteiger charge is 2.15. The standard InChI is InChI=1S/C19H16Cl2N2O6/c1-10(24)29-9-13(6-11-2-4-14(18(25)26)16(20)7-11)23-22-12-3-5-15(19(27)28)17(21)8-12/h2-5,7-8,13H,6,9H2,1H3,(H,25,26)(H,27,28). The van der Waals surface area contributed by atoms with Crippen LogP contribution in [0.2, 0.25) is 10.0 Å². The van der Waals surface area contributed by atoms with E-state index in [1.165, 1.54) is 37.3 Å². The van der Waals surface area contributed by atoms with Gasteiger partial charge < -0.3 is 14.9 Å². The molecule has 0 heterocycles. The molecule has 0 spiro atoms. The zero-order valence-corrected chi connectivity index (χ0v) is 16.6. The Morgan fingerprint density at radius 1 is 1.00 bits per heavy atom. The van der Waals surface area contributed by atoms with Crippen LogP contribution in [-0.2, 0) is 16.0 Å². The number of halogens is 2. The SMILES string of the molecule is CC(=O)OCC(Cc1ccc(C(=O)O)c(Cl)c1)N=Nc1ccc(C(=O)O)c(Cl)c1. The van der Waals surface area contributed by atoms with Crippen LogP contribution in [0.3, 0.4) is 0 Å². The first kappa shape index (κ1) is 22.3. The van der Waals surface area contributed by atoms with Crippen molar-refractivity contribution in [3.05, 3.63) is 63.1 Å². The van der Waals surface area contributed by atoms with Crippen molar-refractivity contribution in [3.63, 3.8) is 0 Å². The van der Waals surface area contributed by atoms with E-state index in [2.05, 4.69) is 10.2 Å². The summed E-state index contributed by atoms with van der Waals surface area (Å²) in [6.45, 7) is 1.20. The van der Waals surface area contributed by atoms with E-state index in [0.717, 1.165) is 0 Å². The lowest BCUT2D eigenvalue weighted by molar-refractivity contribution is -0.141. The molecule has 0 aliphatic carbocycles. The minimum atomic E-state index is -1.16. The zero-order chi connectivity index (χ0) is 21.6. The Labute approximate surface area is 175 Å². The number of hydrogen-bond donors (Lipinski definition) is 2. The van der Waals surface area contributed by atoms with Crippen LogP contribution >= 0.6 is 23.2 Å². The molecular weight excluding hydrogens is 423 g/mol. The van der Waals surface area contributed by atoms with Gasteiger partial charge in [0.05, 0.1) is 26.9 Å². The number of carbonyl (C=O) groups excluding carboxylic acids is 1. The molecule has 0 aliphatic rings. The molecule has 0 saturated heterocycles. The van der Waals surface area contributed by atoms with Gasteiger partial charge in [0.2, 0.25) is 0 Å². The van der Waals surface area contributed by atoms with Crippen molar-refractivity contribution in [3.8, 4) is 0 Å². The van der Waals surface area contributed by atoms with E-state index in [1.807, 2.05) is 0 Å². The number of aromatic carboxylic acids is 2. The molecule has 0 aliphatic heterocycles. The van der Waals surface area contributed by atoms with Crippen LogP contribution in [0.15, 0.2) is 46.6 Å². The molecule has 29 heavy (non-hydrogen) atoms. The molecule has 2 N–H and O–H groups in total. The summed E-state index contributed by atoms with van der Waals surface area (Å²) in [6.07, 6.45) is 0.275. The molecule has 1 atom stereocenters. The lowest BCUT2D eigenvalue weighted by atomic mass is 10.0. The highest BCUT2D eigenvalue weighted by atomic mass is 35.5. The molecule has 1 unspecified atom stereocenters. The van der Waals surface area contributed by atoms with Gasteiger partial charge in [0.1, 0.15) is 12.6 Å². The van der Waals surface area contributed by atoms with Gasteiger partial charge in [-0.1, -0.05) is 29.3 Å². The van der Waals surface area contributed by atoms with Gasteiger partial charge >= 0.3 is 17.9 Å². The summed E-state index contributed by atoms with van der Waals surface area (Å²) >= 11 is 11.9. The minimum absolute atomic E-state index is 0.0153. The fraction of sp³-hybridized carbons (Fsp3) is 0.211. The number of benzene rings is 2. The molecule has 152 valence electrons. The first-order chi connectivity index (χ1) is 13.7. The van der Waals surface area contributed by atoms with E-state index in [-0.39, 0.29) is 34.2 Å². The van der Waals surface area contributed by atoms with E-state index < -0.39 is 23.9 Å². The van der Waals surface area contributed by atoms with Crippen LogP contribution in [0.25, 0.3) is 0 Å². The summed E-state index contributed by atoms with van der Waals surface area (Å²) in [5.41, 5.74) is 0.916. The third-order valence-electron chi connectivity index (χ3n) is 3.73. The van der Waals surface area contributed by atoms with Crippen molar-refractivity contribution in [1.29, 1.82) is 0 Å². The van der Waals surface area contributed by atoms with Gasteiger partial charge in [-0.3, -0.25) is 4.79 Å². The van der Waals surface area contributed by atoms with Gasteiger partial charge in [-0.05, 0) is 42.3 Å². The first-order valence-electron chi connectivity index (χ1n) is 8.26. The van der Waals surface area contributed by atoms with Crippen molar-refractivity contribution in [2.24, 2.45) is 10.2 Å². The normalized spacial score (nSPS) is 12.0. The molecule has 0 amide bonds. The van der Waals surface area contributed by atoms with Crippen molar-refractivity contribution < 1.29 is 29.3 Å². The third kappa shape index (κ3) is 6.55. The molecule has 0 radical (unpaired) electrons. The van der Waals surface area contributed by atoms with E-state index in [0.29, 0.717) is 11.3 Å². The van der Waals surface area contributed by atoms with Gasteiger partial charge in [0.15, 0.2) is 0 Å². The summed E-state index contributed by atoms with van der Waals surface area (Å²) in [4.78, 5) is 33.2. The minimum Gasteiger partial charge on any atom is -0.478 e. The van der Waals surface area contributed by atoms with Crippen molar-refractivity contribution in [1.82, 2.24) is 0 Å². The largest absolute Gasteiger partial charge is 0.478 e. The summed E-state index contributed by atoms with van der Waals surface area (Å²) in [7, 11) is 0. The Bertz CT molecular complexity index is 977. The number of ether oxygens (including phenoxy) is 1. The predicted octanol–water partition coefficient (Wildman–Crippen LogP) is 4.65. The second kappa shape index (κ2) is 9.99. The first-order valence-corrected chi connectivity index (χ1v) is 9.01. The van der Waals surface area contributed by atoms with Gasteiger partial charge in [-0.15, -0.1) is 0 Å². The molecule has 0 aromatic heterocycles. The van der Waals surface area contributed by atoms with E-state index >= 15 is 0 Å². The van der Waals surface area contributed by atoms with Crippen LogP contribution in [0, 0.1) is 0 Å². The summed E-state index contributed by atoms with van der Waals surface area (Å²) < 4.78 is 5.01. The Kier molecular flexibility index (Phi) is 7.69. The molecule has 0 fully saturated rings. The van der Waals surface area contributed by atoms with Crippen LogP contribution in [-0.4, -0.2) is 40.8 Å². The second-order valence-corrected chi connectivity index (χ2v) is 6.78. The number of rotatable bonds is 8. The van der Waals surface area contributed by atoms with Gasteiger partial charge in [-0.2, -0.15) is 10.2 Å². The molecule has 0 saturated carbocycles. The van der Waals surface area contributed by atoms with Gasteiger partial charge in [-0.25, -0.2) is 9.59 Å². The molecule has 2 rings (SSSR count). The van der Waals surface area contributed by atoms with E-state index in [1.54, 1.807) is 6.07 Å². The summed E-state index contributed by atoms with van der Waals surface area (Å²) in [6, 6.07) is 8.00. The molecule has 2 aromatic carbocycles. The molecular formula is C19H16Cl2N2O6. The molecule has 0 bridgehead atoms. The third-order valence-corrected chi connectivity index (χ3v) is 4.36. The smallest absolute Gasteiger partial charge is 0.337 e. The maximum Gasteiger partial charge on any atom is 0.337 e. The Hall–Kier alpha value is -2.97. The van der Waals surface area contributed by atoms with Crippen LogP contribution in [0.4, 0.5) is 5.69 Å². The van der Waals surface area contributed by atoms with Gasteiger partial charge in [0, 0.05) is 6.92 Å². The highest BCUT2D eigenvalue weighted by Crippen LogP contribution is 2.24. The average Bonchev–Trinajstić information content (AvgIpc) is 2.63. The van der Waals surface area contributed by atoms with E-state index in [9.17, 15) is 14.4 Å². The maximum absolute atomic E-state index is 11.1. The number of carbonyl (C=O) groups is 3. The predicted molar refractivity (Wildman–Crippen MR) is 105 cm³/mol. The van der Waals surface area contributed by atoms with Crippen LogP contribution in [0.1, 0.15) is 33.2 Å². The molecule has 10 heteroatoms. The molecule has 8 nitrogen and oxygen atoms in total. The fourth-order valence-corrected chi connectivity index (χ4v) is 2.91. The number of carboxylic acids is 2. The van der Waals surface area contributed by atoms with Crippen LogP contribution < -0.4 is 0 Å². The topological polar surface area (TPSA) is 126 Å². The van der Waals surface area contributed by atoms with Crippen molar-refractivity contribution >= 4 is 46.8 Å². The monoisotopic (exact) mass is 438 g/mol. The number of hydrogen-bond acceptors (Lipinski definition) is 6. The number of carboxylic acid groups (broad SMARTS) is 2. The van der Waals surface area contributed by atoms with Crippen molar-refractivity contribution in [2.75, 3.05) is 6.61 Å². The van der Waals surface area contributed by atoms with E-state index in [4.69, 9.17) is 38.2 Å². The molecule has 2 aromatic rings. The highest BCUT2D eigenvalue weighted by molar-refractivity contribution is 6.34. The van der Waals surface area contributed by atoms with Crippen LogP contribution in [0.5, 0.6) is 0 Å². The Morgan fingerprint density at radius 3 is 2.10 bits per heavy atom. The summed E-state index contributed by atoms with van der Waals surface area (Å²) in [5, 5.41) is 26.3. The zero-order valence-electron chi connectivity index (χ0n) is 15.1. The van der Waals surface area contributed by atoms with Gasteiger partial charge in [0.25, 0.3) is 0 Å². The van der Waals surface area contributed by atoms with Crippen molar-refractivity contribution in [2.45, 2.75) is 19.4 Å². The number of nitrogens with zero attached hydrogens (tertiary/aromatic N) is 2. The average molecular weight is 439 g/mol. The summed E-state index contributed by atoms with van der Waals surface area (Å²) in [5.74, 6) is -2.79. The quantitative estimate of drug-likeness (QED) is 0.456.